The van der Waals surface area contributed by atoms with Gasteiger partial charge in [-0.2, -0.15) is 0 Å². The van der Waals surface area contributed by atoms with E-state index in [1.807, 2.05) is 125 Å². The number of esters is 3. The number of ether oxygens (including phenoxy) is 4. The highest BCUT2D eigenvalue weighted by atomic mass is 33.5. The Balaban J connectivity index is 2.91. The number of hydrogen-bond donors (Lipinski definition) is 0. The molecule has 1 rings (SSSR count). The molecule has 0 saturated heterocycles. The van der Waals surface area contributed by atoms with Crippen molar-refractivity contribution in [2.24, 2.45) is 0 Å². The summed E-state index contributed by atoms with van der Waals surface area (Å²) in [5, 5.41) is 0. The Kier molecular flexibility index (Phi) is 88.4. The highest BCUT2D eigenvalue weighted by molar-refractivity contribution is 9.10. The molecule has 10 nitrogen and oxygen atoms in total. The van der Waals surface area contributed by atoms with E-state index in [4.69, 9.17) is 18.9 Å². The Morgan fingerprint density at radius 3 is 0.721 bits per heavy atom. The maximum atomic E-state index is 13.6. The summed E-state index contributed by atoms with van der Waals surface area (Å²) < 4.78 is 24.9. The van der Waals surface area contributed by atoms with E-state index < -0.39 is 0 Å². The Hall–Kier alpha value is 2.03. The van der Waals surface area contributed by atoms with E-state index in [0.29, 0.717) is 32.6 Å². The summed E-state index contributed by atoms with van der Waals surface area (Å²) in [4.78, 5) is 47.7. The Morgan fingerprint density at radius 1 is 0.279 bits per heavy atom. The van der Waals surface area contributed by atoms with Crippen LogP contribution in [0.15, 0.2) is 11.3 Å². The van der Waals surface area contributed by atoms with Crippen LogP contribution in [0, 0.1) is 0 Å². The molecular formula is C89H173N3O7S12. The second-order valence-electron chi connectivity index (χ2n) is 32.0. The zero-order valence-corrected chi connectivity index (χ0v) is 82.9. The summed E-state index contributed by atoms with van der Waals surface area (Å²) in [6.45, 7) is 23.0. The third-order valence-electron chi connectivity index (χ3n) is 20.8. The van der Waals surface area contributed by atoms with Gasteiger partial charge in [-0.05, 0) is 125 Å². The largest absolute Gasteiger partial charge is 0.494 e. The van der Waals surface area contributed by atoms with Gasteiger partial charge in [0.25, 0.3) is 0 Å². The number of nitrogens with zero attached hydrogens (tertiary/aromatic N) is 3. The molecule has 0 aromatic carbocycles. The smallest absolute Gasteiger partial charge is 0.307 e. The first kappa shape index (κ1) is 111. The lowest BCUT2D eigenvalue weighted by atomic mass is 9.90. The van der Waals surface area contributed by atoms with Crippen molar-refractivity contribution in [1.29, 1.82) is 0 Å². The van der Waals surface area contributed by atoms with E-state index in [2.05, 4.69) is 56.4 Å². The quantitative estimate of drug-likeness (QED) is 0.0190. The third kappa shape index (κ3) is 80.2. The van der Waals surface area contributed by atoms with Gasteiger partial charge in [-0.1, -0.05) is 397 Å². The van der Waals surface area contributed by atoms with Gasteiger partial charge < -0.3 is 33.6 Å². The van der Waals surface area contributed by atoms with Crippen molar-refractivity contribution in [2.75, 3.05) is 105 Å². The van der Waals surface area contributed by atoms with Gasteiger partial charge in [0.05, 0.1) is 25.0 Å². The van der Waals surface area contributed by atoms with Crippen molar-refractivity contribution in [3.05, 3.63) is 11.3 Å². The molecule has 0 heterocycles. The first-order valence-electron chi connectivity index (χ1n) is 46.1. The summed E-state index contributed by atoms with van der Waals surface area (Å²) in [7, 11) is 24.7. The molecule has 0 spiro atoms. The van der Waals surface area contributed by atoms with E-state index in [0.717, 1.165) is 85.7 Å². The Morgan fingerprint density at radius 2 is 0.495 bits per heavy atom. The van der Waals surface area contributed by atoms with Crippen LogP contribution in [0.1, 0.15) is 409 Å². The first-order chi connectivity index (χ1) is 54.4. The molecule has 22 heteroatoms. The number of carbonyl (C=O) groups is 3. The fraction of sp³-hybridized carbons (Fsp3) is 0.944. The highest BCUT2D eigenvalue weighted by Gasteiger charge is 2.22. The number of unbranched alkanes of at least 4 members (excludes halogenated alkanes) is 44. The van der Waals surface area contributed by atoms with Gasteiger partial charge >= 0.3 is 17.9 Å². The van der Waals surface area contributed by atoms with Crippen molar-refractivity contribution in [3.63, 3.8) is 0 Å². The molecule has 0 amide bonds. The highest BCUT2D eigenvalue weighted by Crippen LogP contribution is 2.40. The minimum Gasteiger partial charge on any atom is -0.494 e. The lowest BCUT2D eigenvalue weighted by Gasteiger charge is -2.30. The van der Waals surface area contributed by atoms with E-state index in [-0.39, 0.29) is 55.2 Å². The van der Waals surface area contributed by atoms with Crippen LogP contribution in [0.25, 0.3) is 0 Å². The molecule has 0 radical (unpaired) electrons. The van der Waals surface area contributed by atoms with Crippen LogP contribution >= 0.6 is 126 Å². The SMILES string of the molecule is CCCCCCCCCCCCCCSSSCC(C)OC(=O)CCN(CCC(=O)OC(C)CSSSCCCCCCCCCCCCCC)CCN(C)CCN(CCC(=O)OC(C)CSSSCCCCCCCCCCCCCC)CCC(OC(C)CSSSCCCCCCCCCCCCCC)=C1CCC1. The standard InChI is InChI=1S/C89H173N3O7S12/c1-10-14-18-22-26-30-34-38-42-46-50-54-73-100-108-104-77-81(5)96-86(85-59-58-60-85)61-65-91(66-62-87(93)97-82(6)78-105-109-101-74-55-51-47-43-39-35-31-27-23-19-15-11-2)71-69-90(9)70-72-92(67-63-88(94)98-83(7)79-106-110-102-75-56-52-48-44-40-36-32-28-24-20-16-12-3)68-64-89(95)99-84(8)80-107-111-103-76-57-53-49-45-41-37-33-29-25-21-17-13-4/h81-84H,10-80H2,1-9H3. The summed E-state index contributed by atoms with van der Waals surface area (Å²) in [5.74, 6) is 8.61. The van der Waals surface area contributed by atoms with Crippen molar-refractivity contribution in [3.8, 4) is 0 Å². The van der Waals surface area contributed by atoms with Crippen LogP contribution in [-0.2, 0) is 33.3 Å². The molecule has 1 saturated carbocycles. The normalized spacial score (nSPS) is 13.5. The number of allylic oxidation sites excluding steroid dienone is 1. The molecule has 0 bridgehead atoms. The van der Waals surface area contributed by atoms with Crippen LogP contribution in [0.2, 0.25) is 0 Å². The fourth-order valence-electron chi connectivity index (χ4n) is 13.4. The average molecular weight is 1780 g/mol. The Labute approximate surface area is 734 Å². The molecule has 1 aliphatic rings. The lowest BCUT2D eigenvalue weighted by molar-refractivity contribution is -0.148. The van der Waals surface area contributed by atoms with Gasteiger partial charge in [0, 0.05) is 105 Å². The topological polar surface area (TPSA) is 97.9 Å². The summed E-state index contributed by atoms with van der Waals surface area (Å²) in [6.07, 6.45) is 70.8. The fourth-order valence-corrected chi connectivity index (χ4v) is 29.4. The minimum atomic E-state index is -0.190. The molecular weight excluding hydrogens is 1610 g/mol. The van der Waals surface area contributed by atoms with Crippen molar-refractivity contribution >= 4 is 144 Å². The van der Waals surface area contributed by atoms with E-state index in [9.17, 15) is 14.4 Å². The molecule has 658 valence electrons. The predicted molar refractivity (Wildman–Crippen MR) is 521 cm³/mol. The first-order valence-corrected chi connectivity index (χ1v) is 61.4. The minimum absolute atomic E-state index is 0.118. The second-order valence-corrected chi connectivity index (χ2v) is 49.5. The van der Waals surface area contributed by atoms with Crippen LogP contribution in [0.5, 0.6) is 0 Å². The predicted octanol–water partition coefficient (Wildman–Crippen LogP) is 31.6. The number of likely N-dealkylation sites (N-methyl/N-ethyl adjacent to an activating group) is 1. The number of carbonyl (C=O) groups excluding carboxylic acids is 3. The van der Waals surface area contributed by atoms with E-state index >= 15 is 0 Å². The molecule has 1 fully saturated rings. The summed E-state index contributed by atoms with van der Waals surface area (Å²) in [6, 6.07) is 0. The Bertz CT molecular complexity index is 1970. The second kappa shape index (κ2) is 88.3. The zero-order valence-electron chi connectivity index (χ0n) is 73.1. The number of rotatable bonds is 91. The van der Waals surface area contributed by atoms with Crippen molar-refractivity contribution in [1.82, 2.24) is 14.7 Å². The van der Waals surface area contributed by atoms with Gasteiger partial charge in [0.1, 0.15) is 24.4 Å². The molecule has 0 aliphatic heterocycles. The number of hydrogen-bond acceptors (Lipinski definition) is 22. The van der Waals surface area contributed by atoms with Crippen molar-refractivity contribution in [2.45, 2.75) is 433 Å². The van der Waals surface area contributed by atoms with Gasteiger partial charge in [-0.3, -0.25) is 14.4 Å². The maximum Gasteiger partial charge on any atom is 0.307 e. The molecule has 4 unspecified atom stereocenters. The third-order valence-corrected chi connectivity index (χ3v) is 38.6. The van der Waals surface area contributed by atoms with Crippen LogP contribution in [0.3, 0.4) is 0 Å². The van der Waals surface area contributed by atoms with Crippen LogP contribution in [-0.4, -0.2) is 162 Å². The molecule has 0 N–H and O–H groups in total. The molecule has 0 aromatic rings. The zero-order chi connectivity index (χ0) is 80.4. The average Bonchev–Trinajstić information content (AvgIpc) is 0.843. The van der Waals surface area contributed by atoms with Gasteiger partial charge in [0.15, 0.2) is 0 Å². The summed E-state index contributed by atoms with van der Waals surface area (Å²) >= 11 is 0. The van der Waals surface area contributed by atoms with Gasteiger partial charge in [0.2, 0.25) is 0 Å². The molecule has 4 atom stereocenters. The van der Waals surface area contributed by atoms with Crippen LogP contribution < -0.4 is 0 Å². The van der Waals surface area contributed by atoms with Gasteiger partial charge in [-0.15, -0.1) is 0 Å². The van der Waals surface area contributed by atoms with Crippen LogP contribution in [0.4, 0.5) is 0 Å². The van der Waals surface area contributed by atoms with Gasteiger partial charge in [-0.25, -0.2) is 0 Å². The van der Waals surface area contributed by atoms with E-state index in [1.165, 1.54) is 332 Å². The monoisotopic (exact) mass is 1780 g/mol. The molecule has 0 aromatic heterocycles. The molecule has 1 aliphatic carbocycles. The summed E-state index contributed by atoms with van der Waals surface area (Å²) in [5.41, 5.74) is 1.46. The van der Waals surface area contributed by atoms with E-state index in [1.54, 1.807) is 21.6 Å². The maximum absolute atomic E-state index is 13.6. The van der Waals surface area contributed by atoms with Crippen molar-refractivity contribution < 1.29 is 33.3 Å². The lowest BCUT2D eigenvalue weighted by Crippen LogP contribution is -2.40. The molecule has 111 heavy (non-hydrogen) atoms.